The van der Waals surface area contributed by atoms with E-state index in [0.717, 1.165) is 5.56 Å². The van der Waals surface area contributed by atoms with Crippen LogP contribution in [0.2, 0.25) is 0 Å². The van der Waals surface area contributed by atoms with Gasteiger partial charge in [-0.3, -0.25) is 4.79 Å². The molecule has 0 saturated heterocycles. The van der Waals surface area contributed by atoms with E-state index < -0.39 is 0 Å². The van der Waals surface area contributed by atoms with Crippen molar-refractivity contribution in [2.24, 2.45) is 0 Å². The van der Waals surface area contributed by atoms with Crippen LogP contribution in [-0.4, -0.2) is 18.5 Å². The number of hydrogen-bond donors (Lipinski definition) is 0. The Morgan fingerprint density at radius 1 is 1.31 bits per heavy atom. The summed E-state index contributed by atoms with van der Waals surface area (Å²) < 4.78 is 9.81. The second kappa shape index (κ2) is 5.30. The van der Waals surface area contributed by atoms with E-state index in [1.54, 1.807) is 32.0 Å². The summed E-state index contributed by atoms with van der Waals surface area (Å²) in [5.74, 6) is -0.299. The predicted molar refractivity (Wildman–Crippen MR) is 58.4 cm³/mol. The minimum Gasteiger partial charge on any atom is -0.462 e. The van der Waals surface area contributed by atoms with E-state index in [1.807, 2.05) is 0 Å². The third-order valence-electron chi connectivity index (χ3n) is 1.94. The first kappa shape index (κ1) is 12.2. The number of rotatable bonds is 3. The molecule has 0 saturated carbocycles. The molecule has 4 nitrogen and oxygen atoms in total. The highest BCUT2D eigenvalue weighted by Gasteiger charge is 2.09. The van der Waals surface area contributed by atoms with Crippen LogP contribution >= 0.6 is 0 Å². The van der Waals surface area contributed by atoms with Crippen LogP contribution in [0.25, 0.3) is 0 Å². The fraction of sp³-hybridized carbons (Fsp3) is 0.333. The van der Waals surface area contributed by atoms with Gasteiger partial charge in [-0.2, -0.15) is 0 Å². The maximum atomic E-state index is 11.4. The third-order valence-corrected chi connectivity index (χ3v) is 1.94. The van der Waals surface area contributed by atoms with Crippen LogP contribution < -0.4 is 4.74 Å². The first-order valence-corrected chi connectivity index (χ1v) is 5.00. The molecule has 0 fully saturated rings. The number of esters is 2. The highest BCUT2D eigenvalue weighted by atomic mass is 16.5. The fourth-order valence-corrected chi connectivity index (χ4v) is 1.26. The van der Waals surface area contributed by atoms with Crippen LogP contribution in [-0.2, 0) is 9.53 Å². The number of carbonyl (C=O) groups is 2. The molecule has 0 aromatic heterocycles. The quantitative estimate of drug-likeness (QED) is 0.580. The maximum Gasteiger partial charge on any atom is 0.338 e. The minimum atomic E-state index is -0.382. The molecule has 0 aliphatic rings. The SMILES string of the molecule is CCOC(=O)c1ccc(OC(C)=O)c(C)c1. The Morgan fingerprint density at radius 3 is 2.50 bits per heavy atom. The minimum absolute atomic E-state index is 0.337. The molecule has 1 rings (SSSR count). The van der Waals surface area contributed by atoms with E-state index in [1.165, 1.54) is 6.92 Å². The molecule has 0 amide bonds. The van der Waals surface area contributed by atoms with Crippen molar-refractivity contribution in [2.75, 3.05) is 6.61 Å². The lowest BCUT2D eigenvalue weighted by Crippen LogP contribution is -2.07. The molecule has 16 heavy (non-hydrogen) atoms. The average molecular weight is 222 g/mol. The van der Waals surface area contributed by atoms with Gasteiger partial charge in [-0.05, 0) is 37.6 Å². The summed E-state index contributed by atoms with van der Waals surface area (Å²) >= 11 is 0. The second-order valence-electron chi connectivity index (χ2n) is 3.29. The van der Waals surface area contributed by atoms with Gasteiger partial charge in [-0.25, -0.2) is 4.79 Å². The summed E-state index contributed by atoms with van der Waals surface area (Å²) in [7, 11) is 0. The lowest BCUT2D eigenvalue weighted by molar-refractivity contribution is -0.131. The van der Waals surface area contributed by atoms with Gasteiger partial charge in [0.05, 0.1) is 12.2 Å². The third kappa shape index (κ3) is 3.08. The van der Waals surface area contributed by atoms with Crippen LogP contribution in [0, 0.1) is 6.92 Å². The van der Waals surface area contributed by atoms with Crippen LogP contribution in [0.5, 0.6) is 5.75 Å². The molecular formula is C12H14O4. The highest BCUT2D eigenvalue weighted by molar-refractivity contribution is 5.90. The van der Waals surface area contributed by atoms with E-state index in [9.17, 15) is 9.59 Å². The van der Waals surface area contributed by atoms with Crippen molar-refractivity contribution in [3.8, 4) is 5.75 Å². The van der Waals surface area contributed by atoms with Crippen LogP contribution in [0.4, 0.5) is 0 Å². The summed E-state index contributed by atoms with van der Waals surface area (Å²) in [4.78, 5) is 22.2. The van der Waals surface area contributed by atoms with Crippen molar-refractivity contribution >= 4 is 11.9 Å². The molecule has 86 valence electrons. The predicted octanol–water partition coefficient (Wildman–Crippen LogP) is 2.10. The zero-order chi connectivity index (χ0) is 12.1. The normalized spacial score (nSPS) is 9.69. The van der Waals surface area contributed by atoms with E-state index in [0.29, 0.717) is 17.9 Å². The maximum absolute atomic E-state index is 11.4. The Kier molecular flexibility index (Phi) is 4.05. The molecule has 0 radical (unpaired) electrons. The second-order valence-corrected chi connectivity index (χ2v) is 3.29. The molecule has 0 spiro atoms. The number of aryl methyl sites for hydroxylation is 1. The Bertz CT molecular complexity index is 409. The van der Waals surface area contributed by atoms with Gasteiger partial charge in [-0.1, -0.05) is 0 Å². The molecule has 0 aliphatic heterocycles. The molecule has 0 aliphatic carbocycles. The van der Waals surface area contributed by atoms with Crippen molar-refractivity contribution in [1.82, 2.24) is 0 Å². The molecule has 0 N–H and O–H groups in total. The summed E-state index contributed by atoms with van der Waals surface area (Å²) in [6, 6.07) is 4.79. The molecular weight excluding hydrogens is 208 g/mol. The van der Waals surface area contributed by atoms with Gasteiger partial charge in [0.15, 0.2) is 0 Å². The van der Waals surface area contributed by atoms with Gasteiger partial charge in [0, 0.05) is 6.92 Å². The van der Waals surface area contributed by atoms with Crippen molar-refractivity contribution in [3.05, 3.63) is 29.3 Å². The first-order chi connectivity index (χ1) is 7.54. The number of benzene rings is 1. The average Bonchev–Trinajstić information content (AvgIpc) is 2.20. The zero-order valence-corrected chi connectivity index (χ0v) is 9.57. The van der Waals surface area contributed by atoms with E-state index in [4.69, 9.17) is 9.47 Å². The van der Waals surface area contributed by atoms with Crippen molar-refractivity contribution in [2.45, 2.75) is 20.8 Å². The van der Waals surface area contributed by atoms with Crippen LogP contribution in [0.15, 0.2) is 18.2 Å². The van der Waals surface area contributed by atoms with Crippen LogP contribution in [0.3, 0.4) is 0 Å². The monoisotopic (exact) mass is 222 g/mol. The number of hydrogen-bond acceptors (Lipinski definition) is 4. The zero-order valence-electron chi connectivity index (χ0n) is 9.57. The fourth-order valence-electron chi connectivity index (χ4n) is 1.26. The van der Waals surface area contributed by atoms with E-state index >= 15 is 0 Å². The number of carbonyl (C=O) groups excluding carboxylic acids is 2. The molecule has 0 atom stereocenters. The smallest absolute Gasteiger partial charge is 0.338 e. The van der Waals surface area contributed by atoms with Crippen molar-refractivity contribution in [3.63, 3.8) is 0 Å². The Morgan fingerprint density at radius 2 is 2.00 bits per heavy atom. The summed E-state index contributed by atoms with van der Waals surface area (Å²) in [6.45, 7) is 5.18. The van der Waals surface area contributed by atoms with E-state index in [-0.39, 0.29) is 11.9 Å². The highest BCUT2D eigenvalue weighted by Crippen LogP contribution is 2.19. The topological polar surface area (TPSA) is 52.6 Å². The largest absolute Gasteiger partial charge is 0.462 e. The Hall–Kier alpha value is -1.84. The van der Waals surface area contributed by atoms with Gasteiger partial charge in [0.1, 0.15) is 5.75 Å². The lowest BCUT2D eigenvalue weighted by atomic mass is 10.1. The standard InChI is InChI=1S/C12H14O4/c1-4-15-12(14)10-5-6-11(8(2)7-10)16-9(3)13/h5-7H,4H2,1-3H3. The van der Waals surface area contributed by atoms with Gasteiger partial charge in [0.2, 0.25) is 0 Å². The van der Waals surface area contributed by atoms with Gasteiger partial charge >= 0.3 is 11.9 Å². The Balaban J connectivity index is 2.90. The lowest BCUT2D eigenvalue weighted by Gasteiger charge is -2.07. The van der Waals surface area contributed by atoms with Crippen LogP contribution in [0.1, 0.15) is 29.8 Å². The van der Waals surface area contributed by atoms with Crippen molar-refractivity contribution in [1.29, 1.82) is 0 Å². The summed E-state index contributed by atoms with van der Waals surface area (Å²) in [5.41, 5.74) is 1.18. The van der Waals surface area contributed by atoms with Crippen molar-refractivity contribution < 1.29 is 19.1 Å². The molecule has 4 heteroatoms. The summed E-state index contributed by atoms with van der Waals surface area (Å²) in [6.07, 6.45) is 0. The molecule has 0 bridgehead atoms. The molecule has 0 heterocycles. The molecule has 1 aromatic rings. The first-order valence-electron chi connectivity index (χ1n) is 5.00. The molecule has 0 unspecified atom stereocenters. The molecule has 1 aromatic carbocycles. The number of ether oxygens (including phenoxy) is 2. The summed E-state index contributed by atoms with van der Waals surface area (Å²) in [5, 5.41) is 0. The van der Waals surface area contributed by atoms with Gasteiger partial charge in [-0.15, -0.1) is 0 Å². The van der Waals surface area contributed by atoms with E-state index in [2.05, 4.69) is 0 Å². The van der Waals surface area contributed by atoms with Gasteiger partial charge in [0.25, 0.3) is 0 Å². The Labute approximate surface area is 94.2 Å². The van der Waals surface area contributed by atoms with Gasteiger partial charge < -0.3 is 9.47 Å².